The smallest absolute Gasteiger partial charge is 0.154 e. The topological polar surface area (TPSA) is 54.7 Å². The normalized spacial score (nSPS) is 22.6. The van der Waals surface area contributed by atoms with Crippen LogP contribution in [0.1, 0.15) is 24.8 Å². The molecule has 0 aliphatic carbocycles. The average molecular weight is 363 g/mol. The molecule has 5 rings (SSSR count). The van der Waals surface area contributed by atoms with E-state index in [0.717, 1.165) is 61.1 Å². The molecule has 2 aromatic heterocycles. The fourth-order valence-electron chi connectivity index (χ4n) is 4.11. The van der Waals surface area contributed by atoms with Gasteiger partial charge in [-0.15, -0.1) is 5.10 Å². The van der Waals surface area contributed by atoms with Crippen LogP contribution in [0.3, 0.4) is 0 Å². The first kappa shape index (κ1) is 16.6. The Kier molecular flexibility index (Phi) is 4.20. The second-order valence-electron chi connectivity index (χ2n) is 7.57. The number of rotatable bonds is 0. The Balaban J connectivity index is 1.62. The maximum Gasteiger partial charge on any atom is 0.154 e. The third kappa shape index (κ3) is 3.25. The van der Waals surface area contributed by atoms with Gasteiger partial charge in [-0.3, -0.25) is 4.90 Å². The standard InChI is InChI=1S/C21H25N5O/c1-15-5-6-16-12-18(15)19-13-23-21-8-7-20(24-26(19)21)22-9-11-25-10-3-2-4-17(14-25)27-16/h5-8,12-13,17H,2-4,9-11,14H2,1H3,(H,22,24)/t17-/m1/s1. The van der Waals surface area contributed by atoms with Gasteiger partial charge in [0.05, 0.1) is 11.9 Å². The van der Waals surface area contributed by atoms with Crippen LogP contribution in [0.2, 0.25) is 0 Å². The molecule has 6 bridgehead atoms. The lowest BCUT2D eigenvalue weighted by Crippen LogP contribution is -2.37. The van der Waals surface area contributed by atoms with Crippen molar-refractivity contribution in [3.8, 4) is 17.0 Å². The maximum atomic E-state index is 6.42. The lowest BCUT2D eigenvalue weighted by molar-refractivity contribution is 0.144. The Morgan fingerprint density at radius 3 is 3.07 bits per heavy atom. The minimum Gasteiger partial charge on any atom is -0.489 e. The van der Waals surface area contributed by atoms with E-state index in [4.69, 9.17) is 9.84 Å². The van der Waals surface area contributed by atoms with Gasteiger partial charge in [0.15, 0.2) is 5.65 Å². The van der Waals surface area contributed by atoms with Crippen molar-refractivity contribution in [3.63, 3.8) is 0 Å². The Morgan fingerprint density at radius 2 is 2.11 bits per heavy atom. The van der Waals surface area contributed by atoms with Crippen LogP contribution in [0.5, 0.6) is 5.75 Å². The molecular weight excluding hydrogens is 338 g/mol. The Bertz CT molecular complexity index is 966. The third-order valence-electron chi connectivity index (χ3n) is 5.60. The molecule has 1 saturated heterocycles. The number of fused-ring (bicyclic) bond motifs is 6. The number of aryl methyl sites for hydroxylation is 1. The van der Waals surface area contributed by atoms with Crippen LogP contribution >= 0.6 is 0 Å². The first-order valence-corrected chi connectivity index (χ1v) is 9.85. The van der Waals surface area contributed by atoms with Gasteiger partial charge in [0.2, 0.25) is 0 Å². The summed E-state index contributed by atoms with van der Waals surface area (Å²) in [5, 5.41) is 8.26. The second-order valence-corrected chi connectivity index (χ2v) is 7.57. The molecule has 0 spiro atoms. The van der Waals surface area contributed by atoms with E-state index < -0.39 is 0 Å². The monoisotopic (exact) mass is 363 g/mol. The number of nitrogens with zero attached hydrogens (tertiary/aromatic N) is 4. The molecular formula is C21H25N5O. The van der Waals surface area contributed by atoms with E-state index in [2.05, 4.69) is 40.3 Å². The summed E-state index contributed by atoms with van der Waals surface area (Å²) in [6.45, 7) is 6.11. The number of ether oxygens (including phenoxy) is 1. The predicted molar refractivity (Wildman–Crippen MR) is 106 cm³/mol. The minimum absolute atomic E-state index is 0.243. The summed E-state index contributed by atoms with van der Waals surface area (Å²) >= 11 is 0. The Morgan fingerprint density at radius 1 is 1.15 bits per heavy atom. The van der Waals surface area contributed by atoms with Crippen molar-refractivity contribution in [2.45, 2.75) is 32.3 Å². The third-order valence-corrected chi connectivity index (χ3v) is 5.60. The molecule has 1 aromatic carbocycles. The summed E-state index contributed by atoms with van der Waals surface area (Å²) in [6.07, 6.45) is 5.72. The fraction of sp³-hybridized carbons (Fsp3) is 0.429. The van der Waals surface area contributed by atoms with Gasteiger partial charge in [0, 0.05) is 25.2 Å². The van der Waals surface area contributed by atoms with Crippen LogP contribution in [-0.4, -0.2) is 51.8 Å². The van der Waals surface area contributed by atoms with Crippen LogP contribution in [-0.2, 0) is 0 Å². The van der Waals surface area contributed by atoms with Crippen LogP contribution in [0, 0.1) is 6.92 Å². The van der Waals surface area contributed by atoms with E-state index in [-0.39, 0.29) is 6.10 Å². The zero-order valence-corrected chi connectivity index (χ0v) is 15.7. The molecule has 2 atom stereocenters. The molecule has 140 valence electrons. The molecule has 6 nitrogen and oxygen atoms in total. The van der Waals surface area contributed by atoms with E-state index in [1.54, 1.807) is 0 Å². The quantitative estimate of drug-likeness (QED) is 0.664. The highest BCUT2D eigenvalue weighted by molar-refractivity contribution is 5.68. The van der Waals surface area contributed by atoms with Gasteiger partial charge >= 0.3 is 0 Å². The highest BCUT2D eigenvalue weighted by atomic mass is 16.5. The van der Waals surface area contributed by atoms with E-state index in [1.807, 2.05) is 22.8 Å². The molecule has 0 saturated carbocycles. The van der Waals surface area contributed by atoms with Gasteiger partial charge in [-0.25, -0.2) is 9.50 Å². The molecule has 6 heteroatoms. The molecule has 2 aliphatic rings. The van der Waals surface area contributed by atoms with Crippen molar-refractivity contribution >= 4 is 11.5 Å². The van der Waals surface area contributed by atoms with Crippen molar-refractivity contribution in [1.29, 1.82) is 0 Å². The lowest BCUT2D eigenvalue weighted by atomic mass is 10.1. The zero-order valence-electron chi connectivity index (χ0n) is 15.7. The fourth-order valence-corrected chi connectivity index (χ4v) is 4.11. The number of hydrogen-bond donors (Lipinski definition) is 1. The van der Waals surface area contributed by atoms with Crippen molar-refractivity contribution in [2.75, 3.05) is 31.5 Å². The Labute approximate surface area is 159 Å². The number of hydrogen-bond acceptors (Lipinski definition) is 5. The van der Waals surface area contributed by atoms with Gasteiger partial charge in [0.25, 0.3) is 0 Å². The van der Waals surface area contributed by atoms with E-state index in [9.17, 15) is 0 Å². The van der Waals surface area contributed by atoms with Gasteiger partial charge < -0.3 is 10.1 Å². The van der Waals surface area contributed by atoms with E-state index >= 15 is 0 Å². The van der Waals surface area contributed by atoms with Gasteiger partial charge in [0.1, 0.15) is 17.7 Å². The van der Waals surface area contributed by atoms with Gasteiger partial charge in [-0.1, -0.05) is 6.07 Å². The average Bonchev–Trinajstić information content (AvgIpc) is 2.95. The summed E-state index contributed by atoms with van der Waals surface area (Å²) < 4.78 is 8.35. The number of aromatic nitrogens is 3. The summed E-state index contributed by atoms with van der Waals surface area (Å²) in [4.78, 5) is 7.04. The van der Waals surface area contributed by atoms with Crippen molar-refractivity contribution in [3.05, 3.63) is 42.1 Å². The summed E-state index contributed by atoms with van der Waals surface area (Å²) in [7, 11) is 0. The van der Waals surface area contributed by atoms with E-state index in [0.29, 0.717) is 0 Å². The van der Waals surface area contributed by atoms with Crippen LogP contribution in [0.25, 0.3) is 16.9 Å². The molecule has 27 heavy (non-hydrogen) atoms. The molecule has 0 radical (unpaired) electrons. The van der Waals surface area contributed by atoms with Crippen LogP contribution in [0.15, 0.2) is 36.5 Å². The maximum absolute atomic E-state index is 6.42. The predicted octanol–water partition coefficient (Wildman–Crippen LogP) is 3.36. The first-order valence-electron chi connectivity index (χ1n) is 9.85. The number of imidazole rings is 1. The van der Waals surface area contributed by atoms with E-state index in [1.165, 1.54) is 18.4 Å². The lowest BCUT2D eigenvalue weighted by Gasteiger charge is -2.25. The van der Waals surface area contributed by atoms with Gasteiger partial charge in [-0.2, -0.15) is 0 Å². The molecule has 0 amide bonds. The molecule has 4 heterocycles. The molecule has 1 unspecified atom stereocenters. The highest BCUT2D eigenvalue weighted by Gasteiger charge is 2.20. The first-order chi connectivity index (χ1) is 13.3. The molecule has 1 N–H and O–H groups in total. The summed E-state index contributed by atoms with van der Waals surface area (Å²) in [6, 6.07) is 10.4. The van der Waals surface area contributed by atoms with Crippen LogP contribution < -0.4 is 10.1 Å². The second kappa shape index (κ2) is 6.85. The largest absolute Gasteiger partial charge is 0.489 e. The molecule has 2 aliphatic heterocycles. The number of nitrogens with one attached hydrogen (secondary N) is 1. The van der Waals surface area contributed by atoms with Crippen molar-refractivity contribution < 1.29 is 4.74 Å². The van der Waals surface area contributed by atoms with Gasteiger partial charge in [-0.05, 0) is 62.6 Å². The number of benzene rings is 1. The summed E-state index contributed by atoms with van der Waals surface area (Å²) in [5.74, 6) is 1.82. The molecule has 1 fully saturated rings. The molecule has 3 aromatic rings. The SMILES string of the molecule is Cc1ccc2cc1-c1cnc3ccc(nn13)NCCN1CCCC[C@H](C1)O2. The summed E-state index contributed by atoms with van der Waals surface area (Å²) in [5.41, 5.74) is 4.16. The highest BCUT2D eigenvalue weighted by Crippen LogP contribution is 2.29. The zero-order chi connectivity index (χ0) is 18.2. The Hall–Kier alpha value is -2.60. The minimum atomic E-state index is 0.243. The van der Waals surface area contributed by atoms with Crippen molar-refractivity contribution in [2.24, 2.45) is 0 Å². The number of anilines is 1. The van der Waals surface area contributed by atoms with Crippen LogP contribution in [0.4, 0.5) is 5.82 Å². The van der Waals surface area contributed by atoms with Crippen molar-refractivity contribution in [1.82, 2.24) is 19.5 Å².